The Balaban J connectivity index is 2.17. The van der Waals surface area contributed by atoms with Gasteiger partial charge in [-0.05, 0) is 36.2 Å². The Morgan fingerprint density at radius 1 is 1.05 bits per heavy atom. The van der Waals surface area contributed by atoms with Gasteiger partial charge in [-0.1, -0.05) is 24.3 Å². The van der Waals surface area contributed by atoms with Crippen LogP contribution < -0.4 is 5.73 Å². The standard InChI is InChI=1S/C14H14FNO2S/c15-12-5-3-6-13(10-12)19(17,18)9-8-11-4-1-2-7-14(11)16/h1-7,10H,8-9,16H2. The first kappa shape index (κ1) is 13.5. The minimum absolute atomic E-state index is 0.00185. The molecule has 2 rings (SSSR count). The van der Waals surface area contributed by atoms with Gasteiger partial charge < -0.3 is 5.73 Å². The smallest absolute Gasteiger partial charge is 0.178 e. The van der Waals surface area contributed by atoms with E-state index in [0.29, 0.717) is 12.1 Å². The Hall–Kier alpha value is -1.88. The van der Waals surface area contributed by atoms with Crippen molar-refractivity contribution in [2.45, 2.75) is 11.3 Å². The number of para-hydroxylation sites is 1. The van der Waals surface area contributed by atoms with Crippen molar-refractivity contribution in [2.24, 2.45) is 0 Å². The van der Waals surface area contributed by atoms with E-state index < -0.39 is 15.7 Å². The predicted molar refractivity (Wildman–Crippen MR) is 73.0 cm³/mol. The predicted octanol–water partition coefficient (Wildman–Crippen LogP) is 2.42. The van der Waals surface area contributed by atoms with Crippen molar-refractivity contribution < 1.29 is 12.8 Å². The van der Waals surface area contributed by atoms with Crippen LogP contribution in [-0.2, 0) is 16.3 Å². The second-order valence-corrected chi connectivity index (χ2v) is 6.33. The number of hydrogen-bond donors (Lipinski definition) is 1. The lowest BCUT2D eigenvalue weighted by atomic mass is 10.1. The molecule has 2 N–H and O–H groups in total. The molecule has 0 fully saturated rings. The number of nitrogens with two attached hydrogens (primary N) is 1. The number of hydrogen-bond acceptors (Lipinski definition) is 3. The minimum atomic E-state index is -3.49. The van der Waals surface area contributed by atoms with Crippen LogP contribution in [0.2, 0.25) is 0 Å². The molecule has 2 aromatic rings. The highest BCUT2D eigenvalue weighted by Gasteiger charge is 2.15. The number of aryl methyl sites for hydroxylation is 1. The van der Waals surface area contributed by atoms with Crippen LogP contribution >= 0.6 is 0 Å². The van der Waals surface area contributed by atoms with Crippen LogP contribution in [0.4, 0.5) is 10.1 Å². The minimum Gasteiger partial charge on any atom is -0.399 e. The molecule has 0 unspecified atom stereocenters. The lowest BCUT2D eigenvalue weighted by Gasteiger charge is -2.07. The number of benzene rings is 2. The van der Waals surface area contributed by atoms with Gasteiger partial charge in [-0.15, -0.1) is 0 Å². The highest BCUT2D eigenvalue weighted by molar-refractivity contribution is 7.91. The van der Waals surface area contributed by atoms with Crippen LogP contribution in [0.25, 0.3) is 0 Å². The molecule has 0 heterocycles. The number of nitrogen functional groups attached to an aromatic ring is 1. The van der Waals surface area contributed by atoms with Crippen LogP contribution in [-0.4, -0.2) is 14.2 Å². The largest absolute Gasteiger partial charge is 0.399 e. The van der Waals surface area contributed by atoms with Crippen LogP contribution in [0.3, 0.4) is 0 Å². The molecular weight excluding hydrogens is 265 g/mol. The van der Waals surface area contributed by atoms with Crippen molar-refractivity contribution in [2.75, 3.05) is 11.5 Å². The highest BCUT2D eigenvalue weighted by atomic mass is 32.2. The maximum Gasteiger partial charge on any atom is 0.178 e. The van der Waals surface area contributed by atoms with Gasteiger partial charge in [0, 0.05) is 5.69 Å². The third kappa shape index (κ3) is 3.32. The summed E-state index contributed by atoms with van der Waals surface area (Å²) in [6.45, 7) is 0. The summed E-state index contributed by atoms with van der Waals surface area (Å²) in [5.41, 5.74) is 7.10. The third-order valence-electron chi connectivity index (χ3n) is 2.85. The molecule has 0 spiro atoms. The van der Waals surface area contributed by atoms with Gasteiger partial charge in [-0.25, -0.2) is 12.8 Å². The van der Waals surface area contributed by atoms with Gasteiger partial charge in [0.25, 0.3) is 0 Å². The van der Waals surface area contributed by atoms with Crippen LogP contribution in [0.1, 0.15) is 5.56 Å². The molecule has 5 heteroatoms. The van der Waals surface area contributed by atoms with Crippen molar-refractivity contribution in [1.29, 1.82) is 0 Å². The summed E-state index contributed by atoms with van der Waals surface area (Å²) in [5, 5.41) is 0. The van der Waals surface area contributed by atoms with E-state index in [1.165, 1.54) is 18.2 Å². The van der Waals surface area contributed by atoms with Crippen molar-refractivity contribution in [3.8, 4) is 0 Å². The quantitative estimate of drug-likeness (QED) is 0.874. The Kier molecular flexibility index (Phi) is 3.85. The molecule has 0 saturated heterocycles. The van der Waals surface area contributed by atoms with Crippen molar-refractivity contribution in [1.82, 2.24) is 0 Å². The fraction of sp³-hybridized carbons (Fsp3) is 0.143. The molecule has 19 heavy (non-hydrogen) atoms. The summed E-state index contributed by atoms with van der Waals surface area (Å²) in [7, 11) is -3.49. The van der Waals surface area contributed by atoms with E-state index in [4.69, 9.17) is 5.73 Å². The first-order valence-corrected chi connectivity index (χ1v) is 7.46. The zero-order valence-corrected chi connectivity index (χ0v) is 11.0. The van der Waals surface area contributed by atoms with E-state index in [0.717, 1.165) is 11.6 Å². The Bertz CT molecular complexity index is 683. The van der Waals surface area contributed by atoms with E-state index in [-0.39, 0.29) is 10.6 Å². The molecule has 0 aromatic heterocycles. The van der Waals surface area contributed by atoms with Crippen molar-refractivity contribution in [3.05, 3.63) is 59.9 Å². The fourth-order valence-corrected chi connectivity index (χ4v) is 3.09. The molecule has 0 atom stereocenters. The topological polar surface area (TPSA) is 60.2 Å². The van der Waals surface area contributed by atoms with E-state index >= 15 is 0 Å². The molecule has 0 aliphatic rings. The molecule has 0 radical (unpaired) electrons. The molecule has 0 amide bonds. The van der Waals surface area contributed by atoms with Crippen LogP contribution in [0.15, 0.2) is 53.4 Å². The van der Waals surface area contributed by atoms with Crippen LogP contribution in [0.5, 0.6) is 0 Å². The Morgan fingerprint density at radius 2 is 1.79 bits per heavy atom. The Morgan fingerprint density at radius 3 is 2.47 bits per heavy atom. The first-order chi connectivity index (χ1) is 8.99. The lowest BCUT2D eigenvalue weighted by Crippen LogP contribution is -2.10. The van der Waals surface area contributed by atoms with Gasteiger partial charge in [-0.2, -0.15) is 0 Å². The summed E-state index contributed by atoms with van der Waals surface area (Å²) in [4.78, 5) is 0.00185. The summed E-state index contributed by atoms with van der Waals surface area (Å²) < 4.78 is 37.2. The monoisotopic (exact) mass is 279 g/mol. The highest BCUT2D eigenvalue weighted by Crippen LogP contribution is 2.16. The fourth-order valence-electron chi connectivity index (χ4n) is 1.78. The number of sulfone groups is 1. The van der Waals surface area contributed by atoms with E-state index in [9.17, 15) is 12.8 Å². The van der Waals surface area contributed by atoms with Crippen molar-refractivity contribution >= 4 is 15.5 Å². The summed E-state index contributed by atoms with van der Waals surface area (Å²) in [6, 6.07) is 12.1. The average molecular weight is 279 g/mol. The van der Waals surface area contributed by atoms with E-state index in [1.807, 2.05) is 0 Å². The van der Waals surface area contributed by atoms with Gasteiger partial charge in [0.15, 0.2) is 9.84 Å². The summed E-state index contributed by atoms with van der Waals surface area (Å²) in [6.07, 6.45) is 0.311. The number of anilines is 1. The summed E-state index contributed by atoms with van der Waals surface area (Å²) >= 11 is 0. The van der Waals surface area contributed by atoms with Gasteiger partial charge in [0.2, 0.25) is 0 Å². The third-order valence-corrected chi connectivity index (χ3v) is 4.56. The normalized spacial score (nSPS) is 11.4. The van der Waals surface area contributed by atoms with E-state index in [1.54, 1.807) is 24.3 Å². The molecule has 2 aromatic carbocycles. The molecule has 100 valence electrons. The molecule has 0 bridgehead atoms. The zero-order chi connectivity index (χ0) is 13.9. The van der Waals surface area contributed by atoms with Gasteiger partial charge in [0.05, 0.1) is 10.6 Å². The van der Waals surface area contributed by atoms with Gasteiger partial charge in [0.1, 0.15) is 5.82 Å². The van der Waals surface area contributed by atoms with Gasteiger partial charge >= 0.3 is 0 Å². The summed E-state index contributed by atoms with van der Waals surface area (Å²) in [5.74, 6) is -0.648. The lowest BCUT2D eigenvalue weighted by molar-refractivity contribution is 0.590. The molecule has 0 aliphatic heterocycles. The van der Waals surface area contributed by atoms with E-state index in [2.05, 4.69) is 0 Å². The maximum atomic E-state index is 13.0. The molecular formula is C14H14FNO2S. The first-order valence-electron chi connectivity index (χ1n) is 5.81. The SMILES string of the molecule is Nc1ccccc1CCS(=O)(=O)c1cccc(F)c1. The molecule has 0 aliphatic carbocycles. The van der Waals surface area contributed by atoms with Gasteiger partial charge in [-0.3, -0.25) is 0 Å². The average Bonchev–Trinajstić information content (AvgIpc) is 2.38. The maximum absolute atomic E-state index is 13.0. The molecule has 3 nitrogen and oxygen atoms in total. The number of halogens is 1. The second-order valence-electron chi connectivity index (χ2n) is 4.23. The second kappa shape index (κ2) is 5.40. The molecule has 0 saturated carbocycles. The van der Waals surface area contributed by atoms with Crippen molar-refractivity contribution in [3.63, 3.8) is 0 Å². The zero-order valence-electron chi connectivity index (χ0n) is 10.2. The van der Waals surface area contributed by atoms with Crippen LogP contribution in [0, 0.1) is 5.82 Å². The Labute approximate surface area is 111 Å². The number of rotatable bonds is 4.